The van der Waals surface area contributed by atoms with Crippen molar-refractivity contribution in [3.63, 3.8) is 0 Å². The van der Waals surface area contributed by atoms with Gasteiger partial charge in [0.05, 0.1) is 21.0 Å². The average Bonchev–Trinajstić information content (AvgIpc) is 2.75. The van der Waals surface area contributed by atoms with Crippen molar-refractivity contribution in [1.29, 1.82) is 0 Å². The zero-order chi connectivity index (χ0) is 22.4. The minimum absolute atomic E-state index is 0.0501. The van der Waals surface area contributed by atoms with Gasteiger partial charge in [0.15, 0.2) is 0 Å². The van der Waals surface area contributed by atoms with Gasteiger partial charge in [-0.3, -0.25) is 9.69 Å². The second kappa shape index (κ2) is 10.8. The Morgan fingerprint density at radius 1 is 1.00 bits per heavy atom. The number of amides is 1. The van der Waals surface area contributed by atoms with E-state index in [1.54, 1.807) is 0 Å². The number of hydrogen-bond donors (Lipinski definition) is 2. The van der Waals surface area contributed by atoms with Crippen LogP contribution in [0.1, 0.15) is 37.3 Å². The van der Waals surface area contributed by atoms with Crippen LogP contribution < -0.4 is 10.0 Å². The smallest absolute Gasteiger partial charge is 0.241 e. The fourth-order valence-electron chi connectivity index (χ4n) is 3.48. The van der Waals surface area contributed by atoms with Gasteiger partial charge in [-0.15, -0.1) is 0 Å². The van der Waals surface area contributed by atoms with E-state index < -0.39 is 22.0 Å². The zero-order valence-corrected chi connectivity index (χ0v) is 19.7. The van der Waals surface area contributed by atoms with Crippen LogP contribution in [-0.2, 0) is 27.9 Å². The molecule has 0 spiro atoms. The molecular weight excluding hydrogens is 457 g/mol. The first-order valence-electron chi connectivity index (χ1n) is 10.3. The van der Waals surface area contributed by atoms with Crippen LogP contribution in [-0.4, -0.2) is 38.4 Å². The van der Waals surface area contributed by atoms with E-state index in [2.05, 4.69) is 27.1 Å². The van der Waals surface area contributed by atoms with Crippen LogP contribution in [0.2, 0.25) is 10.0 Å². The molecule has 0 saturated carbocycles. The largest absolute Gasteiger partial charge is 0.351 e. The minimum atomic E-state index is -3.91. The number of halogens is 2. The number of piperidine rings is 1. The highest BCUT2D eigenvalue weighted by Crippen LogP contribution is 2.24. The van der Waals surface area contributed by atoms with E-state index in [1.807, 2.05) is 12.1 Å². The lowest BCUT2D eigenvalue weighted by Gasteiger charge is -2.26. The number of rotatable bonds is 8. The first-order chi connectivity index (χ1) is 14.7. The highest BCUT2D eigenvalue weighted by Gasteiger charge is 2.22. The number of carbonyl (C=O) groups excluding carboxylic acids is 1. The molecule has 9 heteroatoms. The Kier molecular flexibility index (Phi) is 8.36. The fraction of sp³-hybridized carbons (Fsp3) is 0.409. The number of nitrogens with one attached hydrogen (secondary N) is 2. The summed E-state index contributed by atoms with van der Waals surface area (Å²) in [7, 11) is -3.91. The third kappa shape index (κ3) is 6.92. The Morgan fingerprint density at radius 2 is 1.65 bits per heavy atom. The second-order valence-corrected chi connectivity index (χ2v) is 10.3. The Balaban J connectivity index is 1.50. The molecule has 0 radical (unpaired) electrons. The van der Waals surface area contributed by atoms with Gasteiger partial charge in [0.2, 0.25) is 15.9 Å². The van der Waals surface area contributed by atoms with E-state index in [1.165, 1.54) is 49.9 Å². The molecule has 1 aliphatic rings. The topological polar surface area (TPSA) is 78.5 Å². The van der Waals surface area contributed by atoms with Crippen molar-refractivity contribution >= 4 is 39.1 Å². The number of carbonyl (C=O) groups is 1. The Morgan fingerprint density at radius 3 is 2.29 bits per heavy atom. The van der Waals surface area contributed by atoms with Crippen molar-refractivity contribution in [2.24, 2.45) is 0 Å². The molecule has 31 heavy (non-hydrogen) atoms. The Bertz CT molecular complexity index is 1010. The van der Waals surface area contributed by atoms with Crippen molar-refractivity contribution in [3.05, 3.63) is 63.6 Å². The lowest BCUT2D eigenvalue weighted by molar-refractivity contribution is -0.122. The molecule has 1 atom stereocenters. The summed E-state index contributed by atoms with van der Waals surface area (Å²) in [6.07, 6.45) is 3.84. The normalized spacial score (nSPS) is 16.1. The summed E-state index contributed by atoms with van der Waals surface area (Å²) in [5.41, 5.74) is 2.20. The average molecular weight is 484 g/mol. The van der Waals surface area contributed by atoms with Gasteiger partial charge in [-0.2, -0.15) is 4.72 Å². The lowest BCUT2D eigenvalue weighted by atomic mass is 10.1. The summed E-state index contributed by atoms with van der Waals surface area (Å²) >= 11 is 11.7. The summed E-state index contributed by atoms with van der Waals surface area (Å²) in [4.78, 5) is 14.8. The van der Waals surface area contributed by atoms with Crippen molar-refractivity contribution < 1.29 is 13.2 Å². The van der Waals surface area contributed by atoms with Crippen LogP contribution in [0.3, 0.4) is 0 Å². The molecule has 168 valence electrons. The van der Waals surface area contributed by atoms with Gasteiger partial charge in [-0.05, 0) is 62.2 Å². The van der Waals surface area contributed by atoms with E-state index in [9.17, 15) is 13.2 Å². The van der Waals surface area contributed by atoms with Crippen LogP contribution in [0.5, 0.6) is 0 Å². The van der Waals surface area contributed by atoms with E-state index in [0.717, 1.165) is 25.2 Å². The van der Waals surface area contributed by atoms with E-state index in [0.29, 0.717) is 6.54 Å². The van der Waals surface area contributed by atoms with Crippen LogP contribution in [0.25, 0.3) is 0 Å². The summed E-state index contributed by atoms with van der Waals surface area (Å²) in [6, 6.07) is 11.2. The van der Waals surface area contributed by atoms with Crippen molar-refractivity contribution in [2.75, 3.05) is 13.1 Å². The standard InChI is InChI=1S/C22H27Cl2N3O3S/c1-16(26-31(29,30)19-9-10-20(23)21(24)13-19)22(28)25-14-17-5-7-18(8-6-17)15-27-11-3-2-4-12-27/h5-10,13,16,26H,2-4,11-12,14-15H2,1H3,(H,25,28)/t16-/m0/s1. The molecule has 3 rings (SSSR count). The number of sulfonamides is 1. The quantitative estimate of drug-likeness (QED) is 0.595. The van der Waals surface area contributed by atoms with Gasteiger partial charge in [0, 0.05) is 13.1 Å². The lowest BCUT2D eigenvalue weighted by Crippen LogP contribution is -2.44. The Hall–Kier alpha value is -1.64. The number of likely N-dealkylation sites (tertiary alicyclic amines) is 1. The summed E-state index contributed by atoms with van der Waals surface area (Å²) < 4.78 is 27.3. The van der Waals surface area contributed by atoms with Gasteiger partial charge in [0.25, 0.3) is 0 Å². The van der Waals surface area contributed by atoms with Gasteiger partial charge in [-0.1, -0.05) is 53.9 Å². The van der Waals surface area contributed by atoms with Gasteiger partial charge >= 0.3 is 0 Å². The van der Waals surface area contributed by atoms with E-state index >= 15 is 0 Å². The third-order valence-electron chi connectivity index (χ3n) is 5.27. The Labute approximate surface area is 194 Å². The number of benzene rings is 2. The molecule has 0 aliphatic carbocycles. The first-order valence-corrected chi connectivity index (χ1v) is 12.5. The predicted octanol–water partition coefficient (Wildman–Crippen LogP) is 3.96. The number of hydrogen-bond acceptors (Lipinski definition) is 4. The molecule has 6 nitrogen and oxygen atoms in total. The number of nitrogens with zero attached hydrogens (tertiary/aromatic N) is 1. The molecule has 1 saturated heterocycles. The third-order valence-corrected chi connectivity index (χ3v) is 7.55. The molecule has 2 aromatic rings. The summed E-state index contributed by atoms with van der Waals surface area (Å²) in [5.74, 6) is -0.416. The second-order valence-electron chi connectivity index (χ2n) is 7.79. The van der Waals surface area contributed by atoms with Gasteiger partial charge in [-0.25, -0.2) is 8.42 Å². The fourth-order valence-corrected chi connectivity index (χ4v) is 5.07. The van der Waals surface area contributed by atoms with Crippen LogP contribution in [0, 0.1) is 0 Å². The SMILES string of the molecule is C[C@H](NS(=O)(=O)c1ccc(Cl)c(Cl)c1)C(=O)NCc1ccc(CN2CCCCC2)cc1. The van der Waals surface area contributed by atoms with Crippen LogP contribution in [0.15, 0.2) is 47.4 Å². The maximum Gasteiger partial charge on any atom is 0.241 e. The molecule has 2 N–H and O–H groups in total. The monoisotopic (exact) mass is 483 g/mol. The van der Waals surface area contributed by atoms with Crippen LogP contribution >= 0.6 is 23.2 Å². The molecule has 0 bridgehead atoms. The molecule has 0 aromatic heterocycles. The van der Waals surface area contributed by atoms with E-state index in [-0.39, 0.29) is 14.9 Å². The summed E-state index contributed by atoms with van der Waals surface area (Å²) in [5, 5.41) is 3.16. The molecule has 1 fully saturated rings. The predicted molar refractivity (Wildman–Crippen MR) is 124 cm³/mol. The molecule has 2 aromatic carbocycles. The van der Waals surface area contributed by atoms with Crippen molar-refractivity contribution in [1.82, 2.24) is 14.9 Å². The van der Waals surface area contributed by atoms with Gasteiger partial charge in [0.1, 0.15) is 0 Å². The first kappa shape index (κ1) is 24.0. The van der Waals surface area contributed by atoms with E-state index in [4.69, 9.17) is 23.2 Å². The maximum atomic E-state index is 12.5. The molecule has 1 amide bonds. The van der Waals surface area contributed by atoms with Gasteiger partial charge < -0.3 is 5.32 Å². The molecule has 0 unspecified atom stereocenters. The van der Waals surface area contributed by atoms with Crippen molar-refractivity contribution in [3.8, 4) is 0 Å². The van der Waals surface area contributed by atoms with Crippen molar-refractivity contribution in [2.45, 2.75) is 50.2 Å². The summed E-state index contributed by atoms with van der Waals surface area (Å²) in [6.45, 7) is 5.05. The highest BCUT2D eigenvalue weighted by molar-refractivity contribution is 7.89. The molecule has 1 heterocycles. The maximum absolute atomic E-state index is 12.5. The van der Waals surface area contributed by atoms with Crippen LogP contribution in [0.4, 0.5) is 0 Å². The molecule has 1 aliphatic heterocycles. The minimum Gasteiger partial charge on any atom is -0.351 e. The highest BCUT2D eigenvalue weighted by atomic mass is 35.5. The zero-order valence-electron chi connectivity index (χ0n) is 17.4. The molecular formula is C22H27Cl2N3O3S.